The van der Waals surface area contributed by atoms with E-state index in [1.54, 1.807) is 0 Å². The first kappa shape index (κ1) is 17.0. The predicted octanol–water partition coefficient (Wildman–Crippen LogP) is 1.08. The Kier molecular flexibility index (Phi) is 5.90. The van der Waals surface area contributed by atoms with Crippen molar-refractivity contribution in [2.75, 3.05) is 13.1 Å². The van der Waals surface area contributed by atoms with Crippen LogP contribution >= 0.6 is 0 Å². The maximum Gasteiger partial charge on any atom is 0.340 e. The van der Waals surface area contributed by atoms with Crippen LogP contribution in [-0.4, -0.2) is 51.3 Å². The minimum absolute atomic E-state index is 0.211. The zero-order chi connectivity index (χ0) is 16.8. The van der Waals surface area contributed by atoms with Gasteiger partial charge in [0.25, 0.3) is 0 Å². The number of piperidine rings is 1. The molecule has 0 radical (unpaired) electrons. The van der Waals surface area contributed by atoms with Crippen molar-refractivity contribution in [2.45, 2.75) is 70.0 Å². The number of aromatic nitrogens is 3. The fraction of sp³-hybridized carbons (Fsp3) is 0.812. The summed E-state index contributed by atoms with van der Waals surface area (Å²) < 4.78 is 0. The summed E-state index contributed by atoms with van der Waals surface area (Å²) in [7, 11) is 0. The predicted molar refractivity (Wildman–Crippen MR) is 90.7 cm³/mol. The highest BCUT2D eigenvalue weighted by molar-refractivity contribution is 5.73. The molecule has 8 heteroatoms. The number of rotatable bonds is 6. The number of likely N-dealkylation sites (tertiary alicyclic amines) is 1. The number of hydrogen-bond acceptors (Lipinski definition) is 4. The number of urea groups is 1. The van der Waals surface area contributed by atoms with Crippen molar-refractivity contribution in [3.05, 3.63) is 16.3 Å². The average Bonchev–Trinajstić information content (AvgIpc) is 3.25. The Morgan fingerprint density at radius 3 is 2.71 bits per heavy atom. The van der Waals surface area contributed by atoms with Gasteiger partial charge in [0, 0.05) is 18.6 Å². The number of H-pyrrole nitrogens is 2. The van der Waals surface area contributed by atoms with E-state index in [0.717, 1.165) is 12.5 Å². The monoisotopic (exact) mass is 336 g/mol. The molecule has 2 amide bonds. The quantitative estimate of drug-likeness (QED) is 0.624. The molecule has 3 rings (SSSR count). The maximum absolute atomic E-state index is 11.8. The topological polar surface area (TPSA) is 106 Å². The third-order valence-electron chi connectivity index (χ3n) is 5.20. The number of aromatic amines is 2. The number of carbonyl (C=O) groups is 1. The number of nitrogens with zero attached hydrogens (tertiary/aromatic N) is 2. The largest absolute Gasteiger partial charge is 0.340 e. The van der Waals surface area contributed by atoms with Crippen LogP contribution in [0.3, 0.4) is 0 Å². The molecule has 8 nitrogen and oxygen atoms in total. The lowest BCUT2D eigenvalue weighted by Crippen LogP contribution is -2.47. The molecule has 2 fully saturated rings. The smallest absolute Gasteiger partial charge is 0.338 e. The van der Waals surface area contributed by atoms with Gasteiger partial charge in [0.1, 0.15) is 5.82 Å². The van der Waals surface area contributed by atoms with Crippen LogP contribution < -0.4 is 16.3 Å². The summed E-state index contributed by atoms with van der Waals surface area (Å²) in [5.74, 6) is 0.426. The summed E-state index contributed by atoms with van der Waals surface area (Å²) in [6, 6.07) is 1.15. The van der Waals surface area contributed by atoms with Gasteiger partial charge in [-0.05, 0) is 38.6 Å². The van der Waals surface area contributed by atoms with Crippen LogP contribution in [0, 0.1) is 0 Å². The van der Waals surface area contributed by atoms with E-state index >= 15 is 0 Å². The second-order valence-electron chi connectivity index (χ2n) is 6.85. The van der Waals surface area contributed by atoms with Gasteiger partial charge >= 0.3 is 11.7 Å². The fourth-order valence-electron chi connectivity index (χ4n) is 4.02. The standard InChI is InChI=1S/C16H28N6O2/c23-15(18-11-14-19-16(24)21-20-14)17-9-8-13-7-3-4-10-22(13)12-5-1-2-6-12/h12-13H,1-11H2,(H2,17,18,23)(H2,19,20,21,24). The van der Waals surface area contributed by atoms with Gasteiger partial charge in [-0.25, -0.2) is 14.7 Å². The maximum atomic E-state index is 11.8. The van der Waals surface area contributed by atoms with Crippen LogP contribution in [0.15, 0.2) is 4.79 Å². The van der Waals surface area contributed by atoms with E-state index in [1.165, 1.54) is 51.5 Å². The first-order valence-electron chi connectivity index (χ1n) is 9.13. The minimum atomic E-state index is -0.364. The molecule has 0 spiro atoms. The Labute approximate surface area is 141 Å². The molecule has 2 aliphatic rings. The lowest BCUT2D eigenvalue weighted by atomic mass is 9.96. The molecular formula is C16H28N6O2. The third-order valence-corrected chi connectivity index (χ3v) is 5.20. The molecule has 1 aromatic heterocycles. The Morgan fingerprint density at radius 2 is 1.96 bits per heavy atom. The molecule has 24 heavy (non-hydrogen) atoms. The van der Waals surface area contributed by atoms with Crippen molar-refractivity contribution in [1.29, 1.82) is 0 Å². The second kappa shape index (κ2) is 8.32. The van der Waals surface area contributed by atoms with Crippen LogP contribution in [0.25, 0.3) is 0 Å². The molecule has 1 unspecified atom stereocenters. The van der Waals surface area contributed by atoms with Crippen molar-refractivity contribution < 1.29 is 4.79 Å². The van der Waals surface area contributed by atoms with Gasteiger partial charge in [-0.15, -0.1) is 0 Å². The van der Waals surface area contributed by atoms with Crippen LogP contribution in [0.1, 0.15) is 57.2 Å². The first-order valence-corrected chi connectivity index (χ1v) is 9.13. The summed E-state index contributed by atoms with van der Waals surface area (Å²) in [5, 5.41) is 11.6. The lowest BCUT2D eigenvalue weighted by molar-refractivity contribution is 0.0915. The number of amides is 2. The Balaban J connectivity index is 1.37. The van der Waals surface area contributed by atoms with Gasteiger partial charge in [0.2, 0.25) is 0 Å². The molecule has 4 N–H and O–H groups in total. The van der Waals surface area contributed by atoms with Crippen LogP contribution in [0.2, 0.25) is 0 Å². The molecule has 1 aliphatic heterocycles. The first-order chi connectivity index (χ1) is 11.7. The van der Waals surface area contributed by atoms with E-state index in [9.17, 15) is 9.59 Å². The van der Waals surface area contributed by atoms with E-state index in [1.807, 2.05) is 0 Å². The molecule has 134 valence electrons. The molecule has 0 bridgehead atoms. The van der Waals surface area contributed by atoms with Gasteiger partial charge in [-0.3, -0.25) is 9.88 Å². The SMILES string of the molecule is O=C(NCCC1CCCCN1C1CCCC1)NCc1n[nH]c(=O)[nH]1. The van der Waals surface area contributed by atoms with Crippen molar-refractivity contribution in [1.82, 2.24) is 30.7 Å². The summed E-state index contributed by atoms with van der Waals surface area (Å²) in [5.41, 5.74) is -0.364. The third kappa shape index (κ3) is 4.59. The number of hydrogen-bond donors (Lipinski definition) is 4. The van der Waals surface area contributed by atoms with Gasteiger partial charge in [0.05, 0.1) is 6.54 Å². The van der Waals surface area contributed by atoms with Gasteiger partial charge in [-0.1, -0.05) is 19.3 Å². The zero-order valence-corrected chi connectivity index (χ0v) is 14.1. The van der Waals surface area contributed by atoms with E-state index < -0.39 is 0 Å². The molecule has 1 saturated heterocycles. The Hall–Kier alpha value is -1.83. The van der Waals surface area contributed by atoms with Gasteiger partial charge < -0.3 is 10.6 Å². The van der Waals surface area contributed by atoms with Crippen molar-refractivity contribution in [2.24, 2.45) is 0 Å². The minimum Gasteiger partial charge on any atom is -0.338 e. The van der Waals surface area contributed by atoms with Crippen LogP contribution in [0.5, 0.6) is 0 Å². The summed E-state index contributed by atoms with van der Waals surface area (Å²) in [6.45, 7) is 2.10. The van der Waals surface area contributed by atoms with Crippen molar-refractivity contribution in [3.8, 4) is 0 Å². The zero-order valence-electron chi connectivity index (χ0n) is 14.1. The highest BCUT2D eigenvalue weighted by atomic mass is 16.2. The van der Waals surface area contributed by atoms with E-state index in [-0.39, 0.29) is 18.3 Å². The average molecular weight is 336 g/mol. The molecule has 1 aromatic rings. The number of nitrogens with one attached hydrogen (secondary N) is 4. The summed E-state index contributed by atoms with van der Waals surface area (Å²) >= 11 is 0. The molecule has 1 saturated carbocycles. The summed E-state index contributed by atoms with van der Waals surface area (Å²) in [4.78, 5) is 28.0. The van der Waals surface area contributed by atoms with Crippen LogP contribution in [-0.2, 0) is 6.54 Å². The Morgan fingerprint density at radius 1 is 1.17 bits per heavy atom. The van der Waals surface area contributed by atoms with Crippen molar-refractivity contribution in [3.63, 3.8) is 0 Å². The highest BCUT2D eigenvalue weighted by Gasteiger charge is 2.30. The molecular weight excluding hydrogens is 308 g/mol. The molecule has 0 aromatic carbocycles. The van der Waals surface area contributed by atoms with E-state index in [4.69, 9.17) is 0 Å². The van der Waals surface area contributed by atoms with Crippen molar-refractivity contribution >= 4 is 6.03 Å². The van der Waals surface area contributed by atoms with Crippen LogP contribution in [0.4, 0.5) is 4.79 Å². The van der Waals surface area contributed by atoms with Gasteiger partial charge in [-0.2, -0.15) is 5.10 Å². The lowest BCUT2D eigenvalue weighted by Gasteiger charge is -2.40. The molecule has 1 aliphatic carbocycles. The second-order valence-corrected chi connectivity index (χ2v) is 6.85. The van der Waals surface area contributed by atoms with E-state index in [2.05, 4.69) is 30.7 Å². The molecule has 1 atom stereocenters. The normalized spacial score (nSPS) is 22.6. The van der Waals surface area contributed by atoms with E-state index in [0.29, 0.717) is 18.4 Å². The Bertz CT molecular complexity index is 577. The molecule has 2 heterocycles. The fourth-order valence-corrected chi connectivity index (χ4v) is 4.02. The highest BCUT2D eigenvalue weighted by Crippen LogP contribution is 2.30. The number of carbonyl (C=O) groups excluding carboxylic acids is 1. The summed E-state index contributed by atoms with van der Waals surface area (Å²) in [6.07, 6.45) is 10.3. The van der Waals surface area contributed by atoms with Gasteiger partial charge in [0.15, 0.2) is 0 Å².